The van der Waals surface area contributed by atoms with Crippen LogP contribution in [0, 0.1) is 11.8 Å². The number of halogens is 1. The molecule has 6 atom stereocenters. The molecule has 0 fully saturated rings. The topological polar surface area (TPSA) is 195 Å². The fourth-order valence-electron chi connectivity index (χ4n) is 5.42. The van der Waals surface area contributed by atoms with Crippen LogP contribution >= 0.6 is 11.6 Å². The van der Waals surface area contributed by atoms with Crippen LogP contribution in [0.15, 0.2) is 67.1 Å². The quantitative estimate of drug-likeness (QED) is 0.0920. The number of hydrogen-bond donors (Lipinski definition) is 7. The molecule has 51 heavy (non-hydrogen) atoms. The van der Waals surface area contributed by atoms with Gasteiger partial charge in [-0.15, -0.1) is 0 Å². The van der Waals surface area contributed by atoms with Crippen molar-refractivity contribution in [1.82, 2.24) is 31.2 Å². The molecule has 0 spiro atoms. The second-order valence-electron chi connectivity index (χ2n) is 13.2. The second-order valence-corrected chi connectivity index (χ2v) is 13.6. The van der Waals surface area contributed by atoms with Gasteiger partial charge in [0.2, 0.25) is 17.7 Å². The van der Waals surface area contributed by atoms with Crippen molar-refractivity contribution in [3.63, 3.8) is 0 Å². The molecule has 1 heterocycles. The molecule has 0 radical (unpaired) electrons. The van der Waals surface area contributed by atoms with Crippen molar-refractivity contribution in [3.05, 3.63) is 89.0 Å². The van der Waals surface area contributed by atoms with Gasteiger partial charge in [0.05, 0.1) is 37.5 Å². The molecule has 13 nitrogen and oxygen atoms in total. The number of nitrogens with one attached hydrogen (secondary N) is 5. The van der Waals surface area contributed by atoms with Gasteiger partial charge in [-0.3, -0.25) is 14.4 Å². The third kappa shape index (κ3) is 14.4. The fourth-order valence-corrected chi connectivity index (χ4v) is 5.55. The molecular formula is C37H51ClN6O7. The molecule has 2 aromatic carbocycles. The Labute approximate surface area is 304 Å². The molecule has 1 aromatic heterocycles. The zero-order valence-electron chi connectivity index (χ0n) is 29.6. The maximum Gasteiger partial charge on any atom is 0.408 e. The average Bonchev–Trinajstić information content (AvgIpc) is 3.62. The summed E-state index contributed by atoms with van der Waals surface area (Å²) in [5, 5.41) is 32.4. The number of rotatable bonds is 20. The Morgan fingerprint density at radius 1 is 0.863 bits per heavy atom. The Kier molecular flexibility index (Phi) is 16.9. The summed E-state index contributed by atoms with van der Waals surface area (Å²) in [5.41, 5.74) is 2.02. The van der Waals surface area contributed by atoms with Crippen LogP contribution in [0.5, 0.6) is 0 Å². The summed E-state index contributed by atoms with van der Waals surface area (Å²) >= 11 is 6.06. The smallest absolute Gasteiger partial charge is 0.408 e. The lowest BCUT2D eigenvalue weighted by Crippen LogP contribution is -2.57. The van der Waals surface area contributed by atoms with Gasteiger partial charge >= 0.3 is 6.09 Å². The summed E-state index contributed by atoms with van der Waals surface area (Å²) in [7, 11) is 0. The van der Waals surface area contributed by atoms with Crippen molar-refractivity contribution in [1.29, 1.82) is 0 Å². The Balaban J connectivity index is 1.79. The van der Waals surface area contributed by atoms with E-state index in [0.717, 1.165) is 12.0 Å². The van der Waals surface area contributed by atoms with Gasteiger partial charge in [0.1, 0.15) is 18.7 Å². The number of H-pyrrole nitrogens is 1. The number of alkyl carbamates (subject to hydrolysis) is 1. The summed E-state index contributed by atoms with van der Waals surface area (Å²) in [6.45, 7) is 7.46. The van der Waals surface area contributed by atoms with Gasteiger partial charge in [0, 0.05) is 29.8 Å². The first kappa shape index (κ1) is 41.0. The minimum Gasteiger partial charge on any atom is -0.445 e. The van der Waals surface area contributed by atoms with Gasteiger partial charge < -0.3 is 41.2 Å². The third-order valence-electron chi connectivity index (χ3n) is 8.57. The van der Waals surface area contributed by atoms with Crippen molar-refractivity contribution < 1.29 is 34.1 Å². The summed E-state index contributed by atoms with van der Waals surface area (Å²) in [5.74, 6) is -1.65. The van der Waals surface area contributed by atoms with E-state index in [9.17, 15) is 29.4 Å². The zero-order valence-corrected chi connectivity index (χ0v) is 30.4. The Bertz CT molecular complexity index is 1510. The number of nitrogens with zero attached hydrogens (tertiary/aromatic N) is 1. The van der Waals surface area contributed by atoms with Crippen LogP contribution < -0.4 is 21.3 Å². The number of benzene rings is 2. The van der Waals surface area contributed by atoms with Crippen LogP contribution in [0.2, 0.25) is 5.02 Å². The summed E-state index contributed by atoms with van der Waals surface area (Å²) in [6, 6.07) is 12.3. The third-order valence-corrected chi connectivity index (χ3v) is 8.82. The van der Waals surface area contributed by atoms with E-state index in [1.807, 2.05) is 45.9 Å². The van der Waals surface area contributed by atoms with Crippen LogP contribution in [0.1, 0.15) is 63.8 Å². The van der Waals surface area contributed by atoms with Crippen LogP contribution in [0.3, 0.4) is 0 Å². The van der Waals surface area contributed by atoms with E-state index >= 15 is 0 Å². The van der Waals surface area contributed by atoms with Gasteiger partial charge in [-0.1, -0.05) is 88.2 Å². The predicted molar refractivity (Wildman–Crippen MR) is 193 cm³/mol. The molecule has 14 heteroatoms. The minimum atomic E-state index is -1.25. The molecule has 4 amide bonds. The van der Waals surface area contributed by atoms with E-state index in [1.54, 1.807) is 36.4 Å². The molecule has 0 aliphatic heterocycles. The van der Waals surface area contributed by atoms with E-state index < -0.39 is 54.1 Å². The Morgan fingerprint density at radius 2 is 1.53 bits per heavy atom. The highest BCUT2D eigenvalue weighted by atomic mass is 35.5. The molecule has 3 unspecified atom stereocenters. The lowest BCUT2D eigenvalue weighted by Gasteiger charge is -2.29. The van der Waals surface area contributed by atoms with E-state index in [2.05, 4.69) is 31.2 Å². The monoisotopic (exact) mass is 726 g/mol. The maximum atomic E-state index is 13.9. The summed E-state index contributed by atoms with van der Waals surface area (Å²) in [6.07, 6.45) is 1.76. The number of hydrogen-bond acceptors (Lipinski definition) is 8. The Hall–Kier alpha value is -4.46. The maximum absolute atomic E-state index is 13.9. The number of aliphatic hydroxyl groups excluding tert-OH is 2. The molecule has 7 N–H and O–H groups in total. The normalized spacial score (nSPS) is 14.7. The molecule has 3 rings (SSSR count). The van der Waals surface area contributed by atoms with Gasteiger partial charge in [-0.2, -0.15) is 0 Å². The van der Waals surface area contributed by atoms with Gasteiger partial charge in [0.15, 0.2) is 0 Å². The Morgan fingerprint density at radius 3 is 2.14 bits per heavy atom. The summed E-state index contributed by atoms with van der Waals surface area (Å²) in [4.78, 5) is 60.5. The number of amides is 4. The SMILES string of the molecule is CCC(C)[C@@H](CO)NC(=O)CC(O)C(CC(C)C)NC(=O)[C@H](Cc1cnc[nH]1)NC(=O)[C@H](Cc1ccc(Cl)cc1)NC(=O)OCc1ccccc1. The molecular weight excluding hydrogens is 676 g/mol. The van der Waals surface area contributed by atoms with Crippen LogP contribution in [-0.2, 0) is 38.6 Å². The number of aromatic nitrogens is 2. The molecule has 0 saturated heterocycles. The highest BCUT2D eigenvalue weighted by Crippen LogP contribution is 2.15. The van der Waals surface area contributed by atoms with Gasteiger partial charge in [-0.05, 0) is 41.5 Å². The van der Waals surface area contributed by atoms with E-state index in [1.165, 1.54) is 12.5 Å². The van der Waals surface area contributed by atoms with Crippen molar-refractivity contribution in [2.75, 3.05) is 6.61 Å². The van der Waals surface area contributed by atoms with E-state index in [0.29, 0.717) is 22.7 Å². The largest absolute Gasteiger partial charge is 0.445 e. The van der Waals surface area contributed by atoms with Crippen molar-refractivity contribution in [2.24, 2.45) is 11.8 Å². The average molecular weight is 727 g/mol. The van der Waals surface area contributed by atoms with E-state index in [4.69, 9.17) is 16.3 Å². The molecule has 0 bridgehead atoms. The van der Waals surface area contributed by atoms with Crippen LogP contribution in [0.25, 0.3) is 0 Å². The minimum absolute atomic E-state index is 0.0112. The highest BCUT2D eigenvalue weighted by Gasteiger charge is 2.32. The number of carbonyl (C=O) groups excluding carboxylic acids is 4. The van der Waals surface area contributed by atoms with Crippen LogP contribution in [-0.4, -0.2) is 80.9 Å². The van der Waals surface area contributed by atoms with Gasteiger partial charge in [-0.25, -0.2) is 9.78 Å². The first-order valence-electron chi connectivity index (χ1n) is 17.3. The van der Waals surface area contributed by atoms with Gasteiger partial charge in [0.25, 0.3) is 0 Å². The number of aromatic amines is 1. The number of imidazole rings is 1. The zero-order chi connectivity index (χ0) is 37.3. The van der Waals surface area contributed by atoms with Crippen molar-refractivity contribution in [2.45, 2.75) is 96.7 Å². The standard InChI is InChI=1S/C37H51ClN6O7/c1-5-24(4)32(20-45)41-34(47)18-33(46)29(15-23(2)3)42-36(49)31(17-28-19-39-22-40-28)43-35(48)30(16-25-11-13-27(38)14-12-25)44-37(50)51-21-26-9-7-6-8-10-26/h6-14,19,22-24,29-33,45-46H,5,15-18,20-21H2,1-4H3,(H,39,40)(H,41,47)(H,42,49)(H,43,48)(H,44,50)/t24?,29?,30-,31-,32+,33?/m0/s1. The number of carbonyl (C=O) groups is 4. The molecule has 0 aliphatic rings. The fraction of sp³-hybridized carbons (Fsp3) is 0.486. The van der Waals surface area contributed by atoms with Crippen LogP contribution in [0.4, 0.5) is 4.79 Å². The number of aliphatic hydroxyl groups is 2. The van der Waals surface area contributed by atoms with Crippen molar-refractivity contribution in [3.8, 4) is 0 Å². The second kappa shape index (κ2) is 21.0. The molecule has 0 aliphatic carbocycles. The highest BCUT2D eigenvalue weighted by molar-refractivity contribution is 6.30. The first-order valence-corrected chi connectivity index (χ1v) is 17.6. The van der Waals surface area contributed by atoms with Crippen molar-refractivity contribution >= 4 is 35.4 Å². The number of ether oxygens (including phenoxy) is 1. The lowest BCUT2D eigenvalue weighted by molar-refractivity contribution is -0.131. The molecule has 0 saturated carbocycles. The summed E-state index contributed by atoms with van der Waals surface area (Å²) < 4.78 is 5.38. The molecule has 278 valence electrons. The lowest BCUT2D eigenvalue weighted by atomic mass is 9.95. The predicted octanol–water partition coefficient (Wildman–Crippen LogP) is 3.43. The van der Waals surface area contributed by atoms with E-state index in [-0.39, 0.29) is 44.3 Å². The molecule has 3 aromatic rings. The first-order chi connectivity index (χ1) is 24.4.